The van der Waals surface area contributed by atoms with Gasteiger partial charge < -0.3 is 14.9 Å². The van der Waals surface area contributed by atoms with E-state index < -0.39 is 0 Å². The molecule has 0 amide bonds. The quantitative estimate of drug-likeness (QED) is 0.779. The molecular weight excluding hydrogens is 208 g/mol. The van der Waals surface area contributed by atoms with E-state index in [1.807, 2.05) is 0 Å². The first-order chi connectivity index (χ1) is 7.61. The molecule has 2 aromatic rings. The molecule has 1 aromatic heterocycles. The lowest BCUT2D eigenvalue weighted by Crippen LogP contribution is -2.10. The van der Waals surface area contributed by atoms with Crippen LogP contribution in [0.25, 0.3) is 11.1 Å². The maximum absolute atomic E-state index is 11.4. The van der Waals surface area contributed by atoms with Gasteiger partial charge in [0.25, 0.3) is 6.01 Å². The third-order valence-electron chi connectivity index (χ3n) is 2.48. The van der Waals surface area contributed by atoms with Gasteiger partial charge in [-0.2, -0.15) is 4.98 Å². The highest BCUT2D eigenvalue weighted by atomic mass is 16.5. The Bertz CT molecular complexity index is 533. The average molecular weight is 220 g/mol. The fourth-order valence-electron chi connectivity index (χ4n) is 1.54. The van der Waals surface area contributed by atoms with Crippen molar-refractivity contribution >= 4 is 23.1 Å². The molecule has 2 rings (SSSR count). The second-order valence-corrected chi connectivity index (χ2v) is 3.52. The Morgan fingerprint density at radius 1 is 1.56 bits per heavy atom. The number of benzene rings is 1. The minimum absolute atomic E-state index is 0.123. The van der Waals surface area contributed by atoms with Crippen molar-refractivity contribution in [2.75, 3.05) is 12.8 Å². The third kappa shape index (κ3) is 1.71. The number of aromatic nitrogens is 1. The number of esters is 1. The number of nitrogens with two attached hydrogens (primary N) is 1. The van der Waals surface area contributed by atoms with Crippen molar-refractivity contribution in [3.05, 3.63) is 23.8 Å². The van der Waals surface area contributed by atoms with Crippen molar-refractivity contribution in [2.45, 2.75) is 12.8 Å². The summed E-state index contributed by atoms with van der Waals surface area (Å²) < 4.78 is 9.82. The Hall–Kier alpha value is -2.04. The van der Waals surface area contributed by atoms with Crippen LogP contribution in [-0.4, -0.2) is 18.1 Å². The number of nitrogens with zero attached hydrogens (tertiary/aromatic N) is 1. The number of ether oxygens (including phenoxy) is 1. The Morgan fingerprint density at radius 2 is 2.31 bits per heavy atom. The molecule has 1 heterocycles. The molecule has 2 N–H and O–H groups in total. The van der Waals surface area contributed by atoms with E-state index in [9.17, 15) is 4.79 Å². The zero-order chi connectivity index (χ0) is 11.7. The number of nitrogen functional groups attached to an aromatic ring is 1. The van der Waals surface area contributed by atoms with Crippen LogP contribution in [0, 0.1) is 0 Å². The van der Waals surface area contributed by atoms with E-state index >= 15 is 0 Å². The molecule has 1 aromatic carbocycles. The maximum atomic E-state index is 11.4. The predicted molar refractivity (Wildman–Crippen MR) is 58.9 cm³/mol. The first-order valence-electron chi connectivity index (χ1n) is 4.85. The molecule has 0 aliphatic rings. The van der Waals surface area contributed by atoms with Gasteiger partial charge in [-0.3, -0.25) is 4.79 Å². The molecule has 0 aliphatic heterocycles. The summed E-state index contributed by atoms with van der Waals surface area (Å²) in [5, 5.41) is 0. The minimum Gasteiger partial charge on any atom is -0.469 e. The molecule has 0 saturated heterocycles. The van der Waals surface area contributed by atoms with Crippen LogP contribution in [0.15, 0.2) is 22.6 Å². The highest BCUT2D eigenvalue weighted by molar-refractivity contribution is 5.81. The summed E-state index contributed by atoms with van der Waals surface area (Å²) in [6.07, 6.45) is 0. The molecule has 0 spiro atoms. The molecule has 1 unspecified atom stereocenters. The molecule has 0 fully saturated rings. The van der Waals surface area contributed by atoms with Crippen LogP contribution in [0.5, 0.6) is 0 Å². The van der Waals surface area contributed by atoms with Gasteiger partial charge in [-0.25, -0.2) is 0 Å². The maximum Gasteiger partial charge on any atom is 0.312 e. The molecule has 16 heavy (non-hydrogen) atoms. The van der Waals surface area contributed by atoms with Crippen molar-refractivity contribution in [2.24, 2.45) is 0 Å². The van der Waals surface area contributed by atoms with Gasteiger partial charge in [0.15, 0.2) is 5.58 Å². The molecule has 1 atom stereocenters. The summed E-state index contributed by atoms with van der Waals surface area (Å²) in [4.78, 5) is 15.4. The van der Waals surface area contributed by atoms with Crippen LogP contribution in [0.2, 0.25) is 0 Å². The number of oxazole rings is 1. The number of hydrogen-bond acceptors (Lipinski definition) is 5. The highest BCUT2D eigenvalue weighted by Crippen LogP contribution is 2.23. The molecule has 0 radical (unpaired) electrons. The van der Waals surface area contributed by atoms with Crippen molar-refractivity contribution < 1.29 is 13.9 Å². The van der Waals surface area contributed by atoms with Gasteiger partial charge >= 0.3 is 5.97 Å². The Kier molecular flexibility index (Phi) is 2.52. The van der Waals surface area contributed by atoms with Crippen molar-refractivity contribution in [3.8, 4) is 0 Å². The molecule has 5 heteroatoms. The van der Waals surface area contributed by atoms with Crippen molar-refractivity contribution in [1.29, 1.82) is 0 Å². The fourth-order valence-corrected chi connectivity index (χ4v) is 1.54. The van der Waals surface area contributed by atoms with E-state index in [4.69, 9.17) is 10.2 Å². The normalized spacial score (nSPS) is 12.6. The number of anilines is 1. The minimum atomic E-state index is -0.327. The van der Waals surface area contributed by atoms with Crippen LogP contribution < -0.4 is 5.73 Å². The van der Waals surface area contributed by atoms with Crippen LogP contribution in [-0.2, 0) is 9.53 Å². The molecule has 0 saturated carbocycles. The second-order valence-electron chi connectivity index (χ2n) is 3.52. The van der Waals surface area contributed by atoms with Gasteiger partial charge in [-0.15, -0.1) is 0 Å². The molecule has 0 aliphatic carbocycles. The van der Waals surface area contributed by atoms with E-state index in [-0.39, 0.29) is 17.9 Å². The summed E-state index contributed by atoms with van der Waals surface area (Å²) in [6, 6.07) is 5.44. The van der Waals surface area contributed by atoms with E-state index in [1.165, 1.54) is 7.11 Å². The monoisotopic (exact) mass is 220 g/mol. The number of fused-ring (bicyclic) bond motifs is 1. The lowest BCUT2D eigenvalue weighted by Gasteiger charge is -2.08. The first kappa shape index (κ1) is 10.5. The lowest BCUT2D eigenvalue weighted by atomic mass is 10.0. The van der Waals surface area contributed by atoms with Crippen LogP contribution in [0.3, 0.4) is 0 Å². The summed E-state index contributed by atoms with van der Waals surface area (Å²) >= 11 is 0. The van der Waals surface area contributed by atoms with E-state index in [1.54, 1.807) is 25.1 Å². The smallest absolute Gasteiger partial charge is 0.312 e. The molecular formula is C11H12N2O3. The van der Waals surface area contributed by atoms with Gasteiger partial charge in [-0.05, 0) is 24.6 Å². The third-order valence-corrected chi connectivity index (χ3v) is 2.48. The van der Waals surface area contributed by atoms with E-state index in [2.05, 4.69) is 9.72 Å². The van der Waals surface area contributed by atoms with Crippen LogP contribution in [0.4, 0.5) is 6.01 Å². The number of methoxy groups -OCH3 is 1. The zero-order valence-corrected chi connectivity index (χ0v) is 9.06. The van der Waals surface area contributed by atoms with Crippen LogP contribution in [0.1, 0.15) is 18.4 Å². The van der Waals surface area contributed by atoms with Gasteiger partial charge in [0.2, 0.25) is 0 Å². The largest absolute Gasteiger partial charge is 0.469 e. The number of carbonyl (C=O) groups excluding carboxylic acids is 1. The van der Waals surface area contributed by atoms with E-state index in [0.717, 1.165) is 5.56 Å². The number of rotatable bonds is 2. The first-order valence-corrected chi connectivity index (χ1v) is 4.85. The number of hydrogen-bond donors (Lipinski definition) is 1. The van der Waals surface area contributed by atoms with Gasteiger partial charge in [0.1, 0.15) is 5.52 Å². The zero-order valence-electron chi connectivity index (χ0n) is 9.06. The summed E-state index contributed by atoms with van der Waals surface area (Å²) in [5.74, 6) is -0.608. The molecule has 84 valence electrons. The summed E-state index contributed by atoms with van der Waals surface area (Å²) in [5.41, 5.74) is 7.51. The highest BCUT2D eigenvalue weighted by Gasteiger charge is 2.16. The van der Waals surface area contributed by atoms with Crippen LogP contribution >= 0.6 is 0 Å². The van der Waals surface area contributed by atoms with Gasteiger partial charge in [0, 0.05) is 0 Å². The van der Waals surface area contributed by atoms with Gasteiger partial charge in [-0.1, -0.05) is 6.07 Å². The summed E-state index contributed by atoms with van der Waals surface area (Å²) in [6.45, 7) is 1.77. The Labute approximate surface area is 92.2 Å². The number of carbonyl (C=O) groups is 1. The van der Waals surface area contributed by atoms with Crippen molar-refractivity contribution in [1.82, 2.24) is 4.98 Å². The lowest BCUT2D eigenvalue weighted by molar-refractivity contribution is -0.141. The second kappa shape index (κ2) is 3.84. The van der Waals surface area contributed by atoms with Crippen molar-refractivity contribution in [3.63, 3.8) is 0 Å². The standard InChI is InChI=1S/C11H12N2O3/c1-6(10(14)15-2)7-3-4-9-8(5-7)13-11(12)16-9/h3-6H,1-2H3,(H2,12,13). The SMILES string of the molecule is COC(=O)C(C)c1ccc2oc(N)nc2c1. The Balaban J connectivity index is 2.42. The molecule has 5 nitrogen and oxygen atoms in total. The average Bonchev–Trinajstić information content (AvgIpc) is 2.65. The topological polar surface area (TPSA) is 78.3 Å². The van der Waals surface area contributed by atoms with E-state index in [0.29, 0.717) is 11.1 Å². The summed E-state index contributed by atoms with van der Waals surface area (Å²) in [7, 11) is 1.37. The Morgan fingerprint density at radius 3 is 3.00 bits per heavy atom. The van der Waals surface area contributed by atoms with Gasteiger partial charge in [0.05, 0.1) is 13.0 Å². The molecule has 0 bridgehead atoms. The predicted octanol–water partition coefficient (Wildman–Crippen LogP) is 1.69. The fraction of sp³-hybridized carbons (Fsp3) is 0.273.